The van der Waals surface area contributed by atoms with Gasteiger partial charge >= 0.3 is 0 Å². The SMILES string of the molecule is CC(C)(C)c1cc(C(C)(C)C)nc(CN)n1. The van der Waals surface area contributed by atoms with E-state index in [1.807, 2.05) is 0 Å². The standard InChI is InChI=1S/C13H23N3/c1-12(2,3)9-7-10(13(4,5)6)16-11(8-14)15-9/h7H,8,14H2,1-6H3. The molecule has 0 saturated heterocycles. The van der Waals surface area contributed by atoms with Gasteiger partial charge in [0.2, 0.25) is 0 Å². The molecule has 0 bridgehead atoms. The summed E-state index contributed by atoms with van der Waals surface area (Å²) in [7, 11) is 0. The Labute approximate surface area is 98.5 Å². The first-order valence-corrected chi connectivity index (χ1v) is 5.73. The summed E-state index contributed by atoms with van der Waals surface area (Å²) in [4.78, 5) is 9.00. The van der Waals surface area contributed by atoms with E-state index in [0.29, 0.717) is 6.54 Å². The van der Waals surface area contributed by atoms with Crippen molar-refractivity contribution in [1.82, 2.24) is 9.97 Å². The Hall–Kier alpha value is -0.960. The normalized spacial score (nSPS) is 12.9. The highest BCUT2D eigenvalue weighted by atomic mass is 14.9. The van der Waals surface area contributed by atoms with Gasteiger partial charge in [-0.15, -0.1) is 0 Å². The summed E-state index contributed by atoms with van der Waals surface area (Å²) >= 11 is 0. The third-order valence-electron chi connectivity index (χ3n) is 2.49. The summed E-state index contributed by atoms with van der Waals surface area (Å²) < 4.78 is 0. The van der Waals surface area contributed by atoms with E-state index in [2.05, 4.69) is 57.6 Å². The maximum Gasteiger partial charge on any atom is 0.142 e. The minimum atomic E-state index is 0.0346. The predicted octanol–water partition coefficient (Wildman–Crippen LogP) is 2.53. The van der Waals surface area contributed by atoms with Crippen LogP contribution in [0.25, 0.3) is 0 Å². The van der Waals surface area contributed by atoms with Crippen molar-refractivity contribution in [3.8, 4) is 0 Å². The van der Waals surface area contributed by atoms with E-state index >= 15 is 0 Å². The molecular formula is C13H23N3. The molecule has 1 rings (SSSR count). The summed E-state index contributed by atoms with van der Waals surface area (Å²) in [5, 5.41) is 0. The maximum absolute atomic E-state index is 5.65. The van der Waals surface area contributed by atoms with Crippen LogP contribution >= 0.6 is 0 Å². The van der Waals surface area contributed by atoms with E-state index in [1.165, 1.54) is 0 Å². The van der Waals surface area contributed by atoms with Crippen LogP contribution in [0.3, 0.4) is 0 Å². The molecule has 0 amide bonds. The monoisotopic (exact) mass is 221 g/mol. The van der Waals surface area contributed by atoms with Crippen molar-refractivity contribution in [2.75, 3.05) is 0 Å². The number of hydrogen-bond donors (Lipinski definition) is 1. The average Bonchev–Trinajstić information content (AvgIpc) is 2.14. The van der Waals surface area contributed by atoms with Crippen molar-refractivity contribution >= 4 is 0 Å². The first-order chi connectivity index (χ1) is 7.14. The number of aromatic nitrogens is 2. The van der Waals surface area contributed by atoms with Crippen molar-refractivity contribution < 1.29 is 0 Å². The highest BCUT2D eigenvalue weighted by Gasteiger charge is 2.22. The average molecular weight is 221 g/mol. The number of nitrogens with zero attached hydrogens (tertiary/aromatic N) is 2. The second kappa shape index (κ2) is 4.13. The van der Waals surface area contributed by atoms with Crippen LogP contribution in [0.4, 0.5) is 0 Å². The van der Waals surface area contributed by atoms with Gasteiger partial charge in [0.05, 0.1) is 6.54 Å². The Kier molecular flexibility index (Phi) is 3.38. The lowest BCUT2D eigenvalue weighted by Crippen LogP contribution is -2.22. The fraction of sp³-hybridized carbons (Fsp3) is 0.692. The summed E-state index contributed by atoms with van der Waals surface area (Å²) in [5.74, 6) is 0.734. The van der Waals surface area contributed by atoms with Crippen LogP contribution in [-0.4, -0.2) is 9.97 Å². The molecule has 0 fully saturated rings. The zero-order valence-corrected chi connectivity index (χ0v) is 11.3. The fourth-order valence-electron chi connectivity index (χ4n) is 1.36. The lowest BCUT2D eigenvalue weighted by atomic mass is 9.86. The van der Waals surface area contributed by atoms with Crippen LogP contribution in [0, 0.1) is 0 Å². The molecule has 90 valence electrons. The van der Waals surface area contributed by atoms with Gasteiger partial charge in [0.15, 0.2) is 0 Å². The van der Waals surface area contributed by atoms with Gasteiger partial charge < -0.3 is 5.73 Å². The molecule has 0 aliphatic heterocycles. The molecule has 1 heterocycles. The molecule has 1 aromatic heterocycles. The van der Waals surface area contributed by atoms with Crippen LogP contribution in [0.15, 0.2) is 6.07 Å². The molecule has 0 aliphatic rings. The zero-order chi connectivity index (χ0) is 12.6. The van der Waals surface area contributed by atoms with Crippen molar-refractivity contribution in [2.45, 2.75) is 58.9 Å². The molecule has 16 heavy (non-hydrogen) atoms. The first kappa shape index (κ1) is 13.1. The summed E-state index contributed by atoms with van der Waals surface area (Å²) in [6.07, 6.45) is 0. The van der Waals surface area contributed by atoms with E-state index in [-0.39, 0.29) is 10.8 Å². The number of nitrogens with two attached hydrogens (primary N) is 1. The Morgan fingerprint density at radius 2 is 1.31 bits per heavy atom. The fourth-order valence-corrected chi connectivity index (χ4v) is 1.36. The maximum atomic E-state index is 5.65. The number of hydrogen-bond acceptors (Lipinski definition) is 3. The molecule has 3 nitrogen and oxygen atoms in total. The molecule has 0 aromatic carbocycles. The molecule has 0 atom stereocenters. The van der Waals surface area contributed by atoms with Crippen molar-refractivity contribution in [3.63, 3.8) is 0 Å². The minimum Gasteiger partial charge on any atom is -0.324 e. The third kappa shape index (κ3) is 3.01. The van der Waals surface area contributed by atoms with E-state index in [9.17, 15) is 0 Å². The highest BCUT2D eigenvalue weighted by molar-refractivity contribution is 5.22. The van der Waals surface area contributed by atoms with Gasteiger partial charge in [-0.3, -0.25) is 0 Å². The van der Waals surface area contributed by atoms with Crippen molar-refractivity contribution in [3.05, 3.63) is 23.3 Å². The predicted molar refractivity (Wildman–Crippen MR) is 67.3 cm³/mol. The Balaban J connectivity index is 3.33. The molecule has 0 aliphatic carbocycles. The molecule has 0 spiro atoms. The first-order valence-electron chi connectivity index (χ1n) is 5.73. The molecule has 1 aromatic rings. The smallest absolute Gasteiger partial charge is 0.142 e. The van der Waals surface area contributed by atoms with Gasteiger partial charge in [0.25, 0.3) is 0 Å². The molecule has 0 saturated carbocycles. The molecule has 2 N–H and O–H groups in total. The summed E-state index contributed by atoms with van der Waals surface area (Å²) in [5.41, 5.74) is 7.84. The van der Waals surface area contributed by atoms with Crippen molar-refractivity contribution in [2.24, 2.45) is 5.73 Å². The lowest BCUT2D eigenvalue weighted by molar-refractivity contribution is 0.530. The second-order valence-electron chi connectivity index (χ2n) is 6.26. The van der Waals surface area contributed by atoms with Crippen molar-refractivity contribution in [1.29, 1.82) is 0 Å². The highest BCUT2D eigenvalue weighted by Crippen LogP contribution is 2.26. The number of rotatable bonds is 1. The van der Waals surface area contributed by atoms with Gasteiger partial charge in [-0.05, 0) is 6.07 Å². The van der Waals surface area contributed by atoms with Crippen LogP contribution in [0.1, 0.15) is 58.8 Å². The minimum absolute atomic E-state index is 0.0346. The van der Waals surface area contributed by atoms with E-state index < -0.39 is 0 Å². The van der Waals surface area contributed by atoms with Gasteiger partial charge in [-0.2, -0.15) is 0 Å². The third-order valence-corrected chi connectivity index (χ3v) is 2.49. The molecule has 3 heteroatoms. The largest absolute Gasteiger partial charge is 0.324 e. The lowest BCUT2D eigenvalue weighted by Gasteiger charge is -2.23. The van der Waals surface area contributed by atoms with Gasteiger partial charge in [0, 0.05) is 22.2 Å². The van der Waals surface area contributed by atoms with E-state index in [4.69, 9.17) is 5.73 Å². The topological polar surface area (TPSA) is 51.8 Å². The molecular weight excluding hydrogens is 198 g/mol. The van der Waals surface area contributed by atoms with Crippen LogP contribution in [0.5, 0.6) is 0 Å². The van der Waals surface area contributed by atoms with Crippen LogP contribution in [0.2, 0.25) is 0 Å². The summed E-state index contributed by atoms with van der Waals surface area (Å²) in [6.45, 7) is 13.3. The quantitative estimate of drug-likeness (QED) is 0.793. The van der Waals surface area contributed by atoms with Gasteiger partial charge in [-0.25, -0.2) is 9.97 Å². The van der Waals surface area contributed by atoms with Gasteiger partial charge in [-0.1, -0.05) is 41.5 Å². The van der Waals surface area contributed by atoms with Crippen LogP contribution in [-0.2, 0) is 17.4 Å². The van der Waals surface area contributed by atoms with E-state index in [0.717, 1.165) is 17.2 Å². The Bertz CT molecular complexity index is 337. The van der Waals surface area contributed by atoms with Crippen LogP contribution < -0.4 is 5.73 Å². The Morgan fingerprint density at radius 1 is 0.938 bits per heavy atom. The molecule has 0 unspecified atom stereocenters. The summed E-state index contributed by atoms with van der Waals surface area (Å²) in [6, 6.07) is 2.10. The Morgan fingerprint density at radius 3 is 1.56 bits per heavy atom. The molecule has 0 radical (unpaired) electrons. The zero-order valence-electron chi connectivity index (χ0n) is 11.3. The second-order valence-corrected chi connectivity index (χ2v) is 6.26. The van der Waals surface area contributed by atoms with Gasteiger partial charge in [0.1, 0.15) is 5.82 Å². The van der Waals surface area contributed by atoms with E-state index in [1.54, 1.807) is 0 Å².